The smallest absolute Gasteiger partial charge is 0.339 e. The van der Waals surface area contributed by atoms with Crippen molar-refractivity contribution in [1.82, 2.24) is 0 Å². The van der Waals surface area contributed by atoms with Crippen LogP contribution in [0.2, 0.25) is 0 Å². The molecule has 0 aromatic heterocycles. The van der Waals surface area contributed by atoms with E-state index >= 15 is 0 Å². The first-order chi connectivity index (χ1) is 11.9. The standard InChI is InChI=1S/C18H16O6S/c1-2-24-18(23)14-9-11(10-16(19)20)3-8-15(14)25-13-6-4-12(5-7-13)17(21)22/h3-9H,2,10H2,1H3,(H,19,20)(H,21,22). The lowest BCUT2D eigenvalue weighted by Gasteiger charge is -2.10. The molecule has 0 heterocycles. The summed E-state index contributed by atoms with van der Waals surface area (Å²) in [6.45, 7) is 1.90. The van der Waals surface area contributed by atoms with E-state index in [-0.39, 0.29) is 24.2 Å². The van der Waals surface area contributed by atoms with Crippen LogP contribution < -0.4 is 0 Å². The van der Waals surface area contributed by atoms with E-state index in [4.69, 9.17) is 14.9 Å². The molecule has 0 fully saturated rings. The second kappa shape index (κ2) is 8.34. The van der Waals surface area contributed by atoms with E-state index in [2.05, 4.69) is 0 Å². The number of esters is 1. The van der Waals surface area contributed by atoms with Crippen LogP contribution in [0.15, 0.2) is 52.3 Å². The molecule has 0 bridgehead atoms. The summed E-state index contributed by atoms with van der Waals surface area (Å²) in [5.74, 6) is -2.53. The van der Waals surface area contributed by atoms with Gasteiger partial charge in [-0.05, 0) is 48.9 Å². The zero-order valence-electron chi connectivity index (χ0n) is 13.4. The van der Waals surface area contributed by atoms with Crippen molar-refractivity contribution in [2.24, 2.45) is 0 Å². The lowest BCUT2D eigenvalue weighted by Crippen LogP contribution is -2.08. The molecule has 0 aliphatic heterocycles. The van der Waals surface area contributed by atoms with Crippen LogP contribution in [-0.2, 0) is 16.0 Å². The Labute approximate surface area is 148 Å². The number of carboxylic acids is 2. The van der Waals surface area contributed by atoms with Crippen LogP contribution in [0.25, 0.3) is 0 Å². The van der Waals surface area contributed by atoms with Crippen LogP contribution in [0, 0.1) is 0 Å². The quantitative estimate of drug-likeness (QED) is 0.730. The van der Waals surface area contributed by atoms with Crippen LogP contribution in [-0.4, -0.2) is 34.7 Å². The Hall–Kier alpha value is -2.80. The number of rotatable bonds is 7. The molecule has 0 amide bonds. The molecule has 2 aromatic carbocycles. The van der Waals surface area contributed by atoms with Gasteiger partial charge in [0.15, 0.2) is 0 Å². The van der Waals surface area contributed by atoms with Crippen LogP contribution >= 0.6 is 11.8 Å². The van der Waals surface area contributed by atoms with Crippen molar-refractivity contribution >= 4 is 29.7 Å². The number of benzene rings is 2. The Balaban J connectivity index is 2.32. The fourth-order valence-corrected chi connectivity index (χ4v) is 3.03. The van der Waals surface area contributed by atoms with Gasteiger partial charge in [0.2, 0.25) is 0 Å². The van der Waals surface area contributed by atoms with E-state index in [1.165, 1.54) is 30.0 Å². The van der Waals surface area contributed by atoms with E-state index in [0.717, 1.165) is 4.90 Å². The number of hydrogen-bond acceptors (Lipinski definition) is 5. The highest BCUT2D eigenvalue weighted by atomic mass is 32.2. The van der Waals surface area contributed by atoms with Crippen molar-refractivity contribution in [1.29, 1.82) is 0 Å². The van der Waals surface area contributed by atoms with Gasteiger partial charge >= 0.3 is 17.9 Å². The van der Waals surface area contributed by atoms with Crippen molar-refractivity contribution in [2.75, 3.05) is 6.61 Å². The summed E-state index contributed by atoms with van der Waals surface area (Å²) in [5, 5.41) is 17.8. The normalized spacial score (nSPS) is 10.3. The average molecular weight is 360 g/mol. The van der Waals surface area contributed by atoms with Gasteiger partial charge in [0.1, 0.15) is 0 Å². The molecule has 2 aromatic rings. The highest BCUT2D eigenvalue weighted by Crippen LogP contribution is 2.32. The van der Waals surface area contributed by atoms with E-state index in [9.17, 15) is 14.4 Å². The molecule has 0 aliphatic carbocycles. The Morgan fingerprint density at radius 2 is 1.72 bits per heavy atom. The Morgan fingerprint density at radius 3 is 2.28 bits per heavy atom. The predicted molar refractivity (Wildman–Crippen MR) is 91.3 cm³/mol. The molecular weight excluding hydrogens is 344 g/mol. The van der Waals surface area contributed by atoms with E-state index in [1.54, 1.807) is 31.2 Å². The Bertz CT molecular complexity index is 798. The second-order valence-electron chi connectivity index (χ2n) is 5.05. The predicted octanol–water partition coefficient (Wildman–Crippen LogP) is 3.34. The number of ether oxygens (including phenoxy) is 1. The fraction of sp³-hybridized carbons (Fsp3) is 0.167. The molecule has 0 unspecified atom stereocenters. The highest BCUT2D eigenvalue weighted by Gasteiger charge is 2.16. The maximum Gasteiger partial charge on any atom is 0.339 e. The molecule has 0 aliphatic rings. The molecule has 2 rings (SSSR count). The zero-order chi connectivity index (χ0) is 18.4. The summed E-state index contributed by atoms with van der Waals surface area (Å²) in [6, 6.07) is 11.1. The lowest BCUT2D eigenvalue weighted by atomic mass is 10.1. The summed E-state index contributed by atoms with van der Waals surface area (Å²) >= 11 is 1.28. The van der Waals surface area contributed by atoms with Gasteiger partial charge in [-0.1, -0.05) is 17.8 Å². The average Bonchev–Trinajstić information content (AvgIpc) is 2.56. The third-order valence-electron chi connectivity index (χ3n) is 3.22. The zero-order valence-corrected chi connectivity index (χ0v) is 14.2. The van der Waals surface area contributed by atoms with Gasteiger partial charge in [-0.2, -0.15) is 0 Å². The van der Waals surface area contributed by atoms with E-state index in [1.807, 2.05) is 0 Å². The van der Waals surface area contributed by atoms with Crippen LogP contribution in [0.4, 0.5) is 0 Å². The summed E-state index contributed by atoms with van der Waals surface area (Å²) in [7, 11) is 0. The number of carbonyl (C=O) groups is 3. The van der Waals surface area contributed by atoms with Gasteiger partial charge in [-0.3, -0.25) is 4.79 Å². The van der Waals surface area contributed by atoms with Gasteiger partial charge in [0, 0.05) is 9.79 Å². The molecule has 0 radical (unpaired) electrons. The summed E-state index contributed by atoms with van der Waals surface area (Å²) in [4.78, 5) is 35.3. The maximum atomic E-state index is 12.2. The third-order valence-corrected chi connectivity index (χ3v) is 4.31. The van der Waals surface area contributed by atoms with Crippen molar-refractivity contribution in [3.8, 4) is 0 Å². The summed E-state index contributed by atoms with van der Waals surface area (Å²) < 4.78 is 5.04. The minimum absolute atomic E-state index is 0.173. The van der Waals surface area contributed by atoms with E-state index < -0.39 is 17.9 Å². The first-order valence-electron chi connectivity index (χ1n) is 7.43. The lowest BCUT2D eigenvalue weighted by molar-refractivity contribution is -0.136. The maximum absolute atomic E-state index is 12.2. The van der Waals surface area contributed by atoms with E-state index in [0.29, 0.717) is 10.5 Å². The van der Waals surface area contributed by atoms with Gasteiger partial charge in [0.25, 0.3) is 0 Å². The van der Waals surface area contributed by atoms with Gasteiger partial charge < -0.3 is 14.9 Å². The van der Waals surface area contributed by atoms with Gasteiger partial charge in [0.05, 0.1) is 24.2 Å². The minimum Gasteiger partial charge on any atom is -0.481 e. The number of carbonyl (C=O) groups excluding carboxylic acids is 1. The molecule has 25 heavy (non-hydrogen) atoms. The third kappa shape index (κ3) is 5.09. The minimum atomic E-state index is -1.01. The van der Waals surface area contributed by atoms with Crippen molar-refractivity contribution in [3.63, 3.8) is 0 Å². The first kappa shape index (κ1) is 18.5. The number of hydrogen-bond donors (Lipinski definition) is 2. The Kier molecular flexibility index (Phi) is 6.19. The monoisotopic (exact) mass is 360 g/mol. The molecule has 7 heteroatoms. The highest BCUT2D eigenvalue weighted by molar-refractivity contribution is 7.99. The number of aliphatic carboxylic acids is 1. The topological polar surface area (TPSA) is 101 Å². The largest absolute Gasteiger partial charge is 0.481 e. The summed E-state index contributed by atoms with van der Waals surface area (Å²) in [6.07, 6.45) is -0.190. The molecule has 0 atom stereocenters. The molecule has 6 nitrogen and oxygen atoms in total. The fourth-order valence-electron chi connectivity index (χ4n) is 2.11. The number of carboxylic acid groups (broad SMARTS) is 2. The Morgan fingerprint density at radius 1 is 1.04 bits per heavy atom. The molecule has 2 N–H and O–H groups in total. The van der Waals surface area contributed by atoms with Crippen LogP contribution in [0.5, 0.6) is 0 Å². The first-order valence-corrected chi connectivity index (χ1v) is 8.25. The van der Waals surface area contributed by atoms with Crippen molar-refractivity contribution in [2.45, 2.75) is 23.1 Å². The summed E-state index contributed by atoms with van der Waals surface area (Å²) in [5.41, 5.74) is 0.959. The van der Waals surface area contributed by atoms with Crippen LogP contribution in [0.3, 0.4) is 0 Å². The molecule has 0 saturated carbocycles. The second-order valence-corrected chi connectivity index (χ2v) is 6.17. The van der Waals surface area contributed by atoms with Crippen molar-refractivity contribution in [3.05, 3.63) is 59.2 Å². The van der Waals surface area contributed by atoms with Gasteiger partial charge in [-0.15, -0.1) is 0 Å². The molecule has 0 spiro atoms. The van der Waals surface area contributed by atoms with Gasteiger partial charge in [-0.25, -0.2) is 9.59 Å². The van der Waals surface area contributed by atoms with Crippen molar-refractivity contribution < 1.29 is 29.3 Å². The number of aromatic carboxylic acids is 1. The molecule has 130 valence electrons. The SMILES string of the molecule is CCOC(=O)c1cc(CC(=O)O)ccc1Sc1ccc(C(=O)O)cc1. The molecular formula is C18H16O6S. The van der Waals surface area contributed by atoms with Crippen LogP contribution in [0.1, 0.15) is 33.2 Å². The molecule has 0 saturated heterocycles.